The summed E-state index contributed by atoms with van der Waals surface area (Å²) in [6.45, 7) is 5.98. The van der Waals surface area contributed by atoms with Crippen molar-refractivity contribution in [3.05, 3.63) is 69.7 Å². The highest BCUT2D eigenvalue weighted by atomic mass is 35.5. The van der Waals surface area contributed by atoms with Gasteiger partial charge in [-0.2, -0.15) is 0 Å². The summed E-state index contributed by atoms with van der Waals surface area (Å²) in [7, 11) is 0. The Hall–Kier alpha value is -2.69. The second kappa shape index (κ2) is 17.3. The summed E-state index contributed by atoms with van der Waals surface area (Å²) >= 11 is 18.8. The lowest BCUT2D eigenvalue weighted by Gasteiger charge is -2.42. The number of alkyl halides is 1. The third kappa shape index (κ3) is 9.90. The van der Waals surface area contributed by atoms with E-state index in [4.69, 9.17) is 39.5 Å². The molecule has 0 saturated carbocycles. The molecule has 2 aromatic carbocycles. The SMILES string of the molecule is CCC(C=O)N(CCc1ccc(Cl)cc1)C(=O)CC1C(=O)N(C(Cl)Cc2ccc(Cl)cc2)CC(=O)N1CCCN1CCOCC1. The van der Waals surface area contributed by atoms with E-state index in [-0.39, 0.29) is 37.2 Å². The molecule has 9 nitrogen and oxygen atoms in total. The van der Waals surface area contributed by atoms with Crippen molar-refractivity contribution in [1.82, 2.24) is 19.6 Å². The van der Waals surface area contributed by atoms with Gasteiger partial charge in [0.25, 0.3) is 0 Å². The number of carbonyl (C=O) groups is 4. The smallest absolute Gasteiger partial charge is 0.247 e. The van der Waals surface area contributed by atoms with Crippen LogP contribution in [0.5, 0.6) is 0 Å². The Morgan fingerprint density at radius 1 is 1.00 bits per heavy atom. The number of aldehydes is 1. The number of halogens is 3. The van der Waals surface area contributed by atoms with Crippen molar-refractivity contribution in [2.24, 2.45) is 0 Å². The van der Waals surface area contributed by atoms with Gasteiger partial charge in [-0.3, -0.25) is 19.3 Å². The summed E-state index contributed by atoms with van der Waals surface area (Å²) in [6.07, 6.45) is 2.41. The molecule has 3 atom stereocenters. The van der Waals surface area contributed by atoms with Gasteiger partial charge in [0.15, 0.2) is 0 Å². The molecule has 2 saturated heterocycles. The van der Waals surface area contributed by atoms with E-state index >= 15 is 0 Å². The molecule has 2 aliphatic rings. The third-order valence-corrected chi connectivity index (χ3v) is 9.32. The average molecular weight is 680 g/mol. The molecule has 2 heterocycles. The lowest BCUT2D eigenvalue weighted by molar-refractivity contribution is -0.159. The van der Waals surface area contributed by atoms with E-state index in [0.29, 0.717) is 55.5 Å². The first kappa shape index (κ1) is 35.2. The summed E-state index contributed by atoms with van der Waals surface area (Å²) < 4.78 is 5.44. The van der Waals surface area contributed by atoms with Crippen LogP contribution in [0.4, 0.5) is 0 Å². The van der Waals surface area contributed by atoms with Crippen molar-refractivity contribution in [2.45, 2.75) is 56.6 Å². The molecule has 0 N–H and O–H groups in total. The molecule has 12 heteroatoms. The Balaban J connectivity index is 1.52. The molecule has 0 aromatic heterocycles. The standard InChI is InChI=1S/C33H41Cl3N4O5/c1-2-28(23-41)38(15-12-24-4-8-26(34)9-5-24)31(42)21-29-33(44)40(30(36)20-25-6-10-27(35)11-7-25)22-32(43)39(29)14-3-13-37-16-18-45-19-17-37/h4-11,23,28-30H,2-3,12-22H2,1H3. The number of rotatable bonds is 15. The molecule has 2 fully saturated rings. The maximum Gasteiger partial charge on any atom is 0.247 e. The number of morpholine rings is 1. The van der Waals surface area contributed by atoms with Crippen LogP contribution in [-0.4, -0.2) is 114 Å². The van der Waals surface area contributed by atoms with Crippen LogP contribution in [0.15, 0.2) is 48.5 Å². The molecule has 244 valence electrons. The second-order valence-corrected chi connectivity index (χ2v) is 12.8. The third-order valence-electron chi connectivity index (χ3n) is 8.42. The van der Waals surface area contributed by atoms with Crippen molar-refractivity contribution < 1.29 is 23.9 Å². The zero-order valence-electron chi connectivity index (χ0n) is 25.6. The van der Waals surface area contributed by atoms with Gasteiger partial charge in [0.2, 0.25) is 17.7 Å². The first-order valence-electron chi connectivity index (χ1n) is 15.5. The van der Waals surface area contributed by atoms with Crippen LogP contribution in [0, 0.1) is 0 Å². The molecule has 2 aromatic rings. The van der Waals surface area contributed by atoms with E-state index in [9.17, 15) is 19.2 Å². The highest BCUT2D eigenvalue weighted by molar-refractivity contribution is 6.30. The van der Waals surface area contributed by atoms with Crippen LogP contribution in [0.1, 0.15) is 37.3 Å². The zero-order valence-corrected chi connectivity index (χ0v) is 27.9. The van der Waals surface area contributed by atoms with Crippen LogP contribution in [0.3, 0.4) is 0 Å². The Kier molecular flexibility index (Phi) is 13.5. The summed E-state index contributed by atoms with van der Waals surface area (Å²) in [5.41, 5.74) is 1.03. The van der Waals surface area contributed by atoms with E-state index in [0.717, 1.165) is 37.0 Å². The molecule has 45 heavy (non-hydrogen) atoms. The normalized spacial score (nSPS) is 19.0. The lowest BCUT2D eigenvalue weighted by atomic mass is 10.0. The molecule has 3 amide bonds. The van der Waals surface area contributed by atoms with Gasteiger partial charge >= 0.3 is 0 Å². The van der Waals surface area contributed by atoms with E-state index in [1.165, 1.54) is 14.7 Å². The molecule has 4 rings (SSSR count). The fraction of sp³-hybridized carbons (Fsp3) is 0.515. The minimum atomic E-state index is -1.03. The van der Waals surface area contributed by atoms with E-state index < -0.39 is 17.6 Å². The summed E-state index contributed by atoms with van der Waals surface area (Å²) in [5.74, 6) is -0.996. The minimum Gasteiger partial charge on any atom is -0.379 e. The van der Waals surface area contributed by atoms with Crippen LogP contribution in [0.2, 0.25) is 10.0 Å². The molecule has 2 aliphatic heterocycles. The number of hydrogen-bond acceptors (Lipinski definition) is 6. The van der Waals surface area contributed by atoms with Crippen molar-refractivity contribution in [2.75, 3.05) is 52.5 Å². The number of hydrogen-bond donors (Lipinski definition) is 0. The summed E-state index contributed by atoms with van der Waals surface area (Å²) in [4.78, 5) is 60.3. The monoisotopic (exact) mass is 678 g/mol. The van der Waals surface area contributed by atoms with Crippen LogP contribution in [0.25, 0.3) is 0 Å². The average Bonchev–Trinajstić information content (AvgIpc) is 3.04. The van der Waals surface area contributed by atoms with Gasteiger partial charge in [0.1, 0.15) is 24.4 Å². The van der Waals surface area contributed by atoms with Gasteiger partial charge in [0, 0.05) is 49.2 Å². The predicted octanol–water partition coefficient (Wildman–Crippen LogP) is 4.30. The largest absolute Gasteiger partial charge is 0.379 e. The van der Waals surface area contributed by atoms with Gasteiger partial charge in [-0.25, -0.2) is 0 Å². The van der Waals surface area contributed by atoms with E-state index in [2.05, 4.69) is 4.90 Å². The van der Waals surface area contributed by atoms with Crippen LogP contribution >= 0.6 is 34.8 Å². The Labute approximate surface area is 280 Å². The molecule has 0 radical (unpaired) electrons. The number of benzene rings is 2. The molecule has 0 spiro atoms. The minimum absolute atomic E-state index is 0.172. The maximum absolute atomic E-state index is 14.1. The van der Waals surface area contributed by atoms with Crippen molar-refractivity contribution >= 4 is 58.8 Å². The highest BCUT2D eigenvalue weighted by Gasteiger charge is 2.43. The van der Waals surface area contributed by atoms with Crippen molar-refractivity contribution in [3.8, 4) is 0 Å². The van der Waals surface area contributed by atoms with Gasteiger partial charge in [-0.1, -0.05) is 66.0 Å². The van der Waals surface area contributed by atoms with Crippen LogP contribution < -0.4 is 0 Å². The van der Waals surface area contributed by atoms with Crippen LogP contribution in [-0.2, 0) is 36.8 Å². The molecule has 0 bridgehead atoms. The number of carbonyl (C=O) groups excluding carboxylic acids is 4. The first-order chi connectivity index (χ1) is 21.7. The molecule has 3 unspecified atom stereocenters. The molecule has 0 aliphatic carbocycles. The topological polar surface area (TPSA) is 90.5 Å². The highest BCUT2D eigenvalue weighted by Crippen LogP contribution is 2.24. The van der Waals surface area contributed by atoms with E-state index in [1.54, 1.807) is 24.3 Å². The predicted molar refractivity (Wildman–Crippen MR) is 176 cm³/mol. The van der Waals surface area contributed by atoms with Gasteiger partial charge in [0.05, 0.1) is 25.7 Å². The maximum atomic E-state index is 14.1. The first-order valence-corrected chi connectivity index (χ1v) is 16.7. The quantitative estimate of drug-likeness (QED) is 0.159. The number of ether oxygens (including phenoxy) is 1. The Morgan fingerprint density at radius 3 is 2.22 bits per heavy atom. The van der Waals surface area contributed by atoms with Gasteiger partial charge < -0.3 is 24.2 Å². The lowest BCUT2D eigenvalue weighted by Crippen LogP contribution is -2.63. The van der Waals surface area contributed by atoms with E-state index in [1.807, 2.05) is 31.2 Å². The van der Waals surface area contributed by atoms with Crippen molar-refractivity contribution in [1.29, 1.82) is 0 Å². The van der Waals surface area contributed by atoms with Crippen molar-refractivity contribution in [3.63, 3.8) is 0 Å². The zero-order chi connectivity index (χ0) is 32.3. The summed E-state index contributed by atoms with van der Waals surface area (Å²) in [6, 6.07) is 12.8. The number of amides is 3. The Morgan fingerprint density at radius 2 is 1.62 bits per heavy atom. The Bertz CT molecular complexity index is 1290. The summed E-state index contributed by atoms with van der Waals surface area (Å²) in [5, 5.41) is 1.19. The van der Waals surface area contributed by atoms with Gasteiger partial charge in [-0.05, 0) is 54.7 Å². The molecular weight excluding hydrogens is 639 g/mol. The second-order valence-electron chi connectivity index (χ2n) is 11.4. The number of piperazine rings is 1. The fourth-order valence-electron chi connectivity index (χ4n) is 5.79. The molecular formula is C33H41Cl3N4O5. The number of nitrogens with zero attached hydrogens (tertiary/aromatic N) is 4. The fourth-order valence-corrected chi connectivity index (χ4v) is 6.39. The van der Waals surface area contributed by atoms with Gasteiger partial charge in [-0.15, -0.1) is 0 Å².